The van der Waals surface area contributed by atoms with E-state index >= 15 is 0 Å². The molecule has 5 nitrogen and oxygen atoms in total. The van der Waals surface area contributed by atoms with Gasteiger partial charge >= 0.3 is 0 Å². The van der Waals surface area contributed by atoms with E-state index in [0.717, 1.165) is 58.8 Å². The third-order valence-electron chi connectivity index (χ3n) is 8.50. The second-order valence-corrected chi connectivity index (χ2v) is 9.79. The van der Waals surface area contributed by atoms with Crippen LogP contribution in [0.5, 0.6) is 11.5 Å². The Kier molecular flexibility index (Phi) is 3.57. The van der Waals surface area contributed by atoms with Crippen molar-refractivity contribution >= 4 is 0 Å². The monoisotopic (exact) mass is 426 g/mol. The van der Waals surface area contributed by atoms with Gasteiger partial charge in [0.25, 0.3) is 0 Å². The number of likely N-dealkylation sites (N-methyl/N-ethyl adjacent to an activating group) is 1. The van der Waals surface area contributed by atoms with Gasteiger partial charge in [0.05, 0.1) is 23.8 Å². The summed E-state index contributed by atoms with van der Waals surface area (Å²) in [6.45, 7) is 0.931. The lowest BCUT2D eigenvalue weighted by atomic mass is 9.49. The van der Waals surface area contributed by atoms with Crippen LogP contribution >= 0.6 is 0 Å². The number of hydrogen-bond donors (Lipinski definition) is 1. The van der Waals surface area contributed by atoms with Crippen LogP contribution in [0.3, 0.4) is 0 Å². The van der Waals surface area contributed by atoms with E-state index in [4.69, 9.17) is 14.5 Å². The quantitative estimate of drug-likeness (QED) is 0.678. The third-order valence-corrected chi connectivity index (χ3v) is 8.50. The molecule has 0 saturated carbocycles. The summed E-state index contributed by atoms with van der Waals surface area (Å²) in [5.41, 5.74) is 5.29. The second kappa shape index (κ2) is 6.12. The molecule has 32 heavy (non-hydrogen) atoms. The maximum Gasteiger partial charge on any atom is 0.166 e. The zero-order valence-corrected chi connectivity index (χ0v) is 18.3. The van der Waals surface area contributed by atoms with Crippen molar-refractivity contribution in [1.29, 1.82) is 0 Å². The van der Waals surface area contributed by atoms with Crippen molar-refractivity contribution in [2.24, 2.45) is 0 Å². The zero-order chi connectivity index (χ0) is 21.7. The number of hydrogen-bond acceptors (Lipinski definition) is 5. The molecular weight excluding hydrogens is 400 g/mol. The lowest BCUT2D eigenvalue weighted by molar-refractivity contribution is -0.168. The van der Waals surface area contributed by atoms with Gasteiger partial charge in [-0.1, -0.05) is 36.4 Å². The highest BCUT2D eigenvalue weighted by molar-refractivity contribution is 5.67. The average Bonchev–Trinajstić information content (AvgIpc) is 3.17. The molecule has 7 rings (SSSR count). The molecule has 3 heterocycles. The molecule has 162 valence electrons. The number of pyridine rings is 1. The Morgan fingerprint density at radius 2 is 1.97 bits per heavy atom. The number of piperidine rings is 1. The van der Waals surface area contributed by atoms with Gasteiger partial charge in [-0.3, -0.25) is 4.98 Å². The average molecular weight is 427 g/mol. The van der Waals surface area contributed by atoms with Crippen LogP contribution < -0.4 is 9.47 Å². The van der Waals surface area contributed by atoms with E-state index in [1.807, 2.05) is 30.5 Å². The first kappa shape index (κ1) is 18.7. The van der Waals surface area contributed by atoms with Crippen LogP contribution in [-0.4, -0.2) is 47.3 Å². The summed E-state index contributed by atoms with van der Waals surface area (Å²) in [4.78, 5) is 7.31. The van der Waals surface area contributed by atoms with Crippen LogP contribution in [0.1, 0.15) is 34.9 Å². The molecule has 2 aromatic carbocycles. The first-order valence-corrected chi connectivity index (χ1v) is 11.4. The Labute approximate surface area is 187 Å². The molecule has 1 unspecified atom stereocenters. The van der Waals surface area contributed by atoms with Gasteiger partial charge in [0, 0.05) is 29.8 Å². The summed E-state index contributed by atoms with van der Waals surface area (Å²) < 4.78 is 12.4. The molecule has 2 bridgehead atoms. The summed E-state index contributed by atoms with van der Waals surface area (Å²) in [7, 11) is 3.83. The van der Waals surface area contributed by atoms with Gasteiger partial charge in [-0.25, -0.2) is 0 Å². The van der Waals surface area contributed by atoms with Crippen molar-refractivity contribution in [3.63, 3.8) is 0 Å². The minimum atomic E-state index is -0.917. The fourth-order valence-electron chi connectivity index (χ4n) is 7.05. The van der Waals surface area contributed by atoms with E-state index in [1.54, 1.807) is 7.11 Å². The normalized spacial score (nSPS) is 31.5. The number of likely N-dealkylation sites (tertiary alicyclic amines) is 1. The standard InChI is InChI=1S/C27H26N2O3/c1-29-11-10-26-22-17-8-9-20(31-2)24(22)32-25(26)23-18(14-27(26,30)21(29)13-17)12-19(15-28-23)16-6-4-3-5-7-16/h3-9,12,15,21,25,30H,10-11,13-14H2,1-2H3/t21?,25-,26-,27+/m0/s1. The van der Waals surface area contributed by atoms with Crippen LogP contribution in [0.15, 0.2) is 54.7 Å². The number of ether oxygens (including phenoxy) is 2. The summed E-state index contributed by atoms with van der Waals surface area (Å²) in [6.07, 6.45) is 3.90. The summed E-state index contributed by atoms with van der Waals surface area (Å²) in [5.74, 6) is 1.55. The predicted octanol–water partition coefficient (Wildman–Crippen LogP) is 3.68. The van der Waals surface area contributed by atoms with E-state index in [2.05, 4.69) is 36.2 Å². The van der Waals surface area contributed by atoms with Crippen molar-refractivity contribution in [1.82, 2.24) is 9.88 Å². The van der Waals surface area contributed by atoms with Crippen LogP contribution in [0.25, 0.3) is 11.1 Å². The van der Waals surface area contributed by atoms with Crippen LogP contribution in [0, 0.1) is 0 Å². The van der Waals surface area contributed by atoms with E-state index in [9.17, 15) is 5.11 Å². The number of rotatable bonds is 2. The van der Waals surface area contributed by atoms with Gasteiger partial charge in [-0.15, -0.1) is 0 Å². The Morgan fingerprint density at radius 3 is 2.78 bits per heavy atom. The Morgan fingerprint density at radius 1 is 1.12 bits per heavy atom. The van der Waals surface area contributed by atoms with Gasteiger partial charge in [0.1, 0.15) is 0 Å². The molecule has 0 amide bonds. The summed E-state index contributed by atoms with van der Waals surface area (Å²) in [6, 6.07) is 16.7. The minimum Gasteiger partial charge on any atom is -0.493 e. The summed E-state index contributed by atoms with van der Waals surface area (Å²) >= 11 is 0. The molecule has 2 aliphatic heterocycles. The molecule has 5 heteroatoms. The number of aromatic nitrogens is 1. The number of aliphatic hydroxyl groups is 1. The molecule has 1 N–H and O–H groups in total. The van der Waals surface area contributed by atoms with Gasteiger partial charge < -0.3 is 19.5 Å². The molecule has 4 aliphatic rings. The van der Waals surface area contributed by atoms with E-state index in [0.29, 0.717) is 6.42 Å². The van der Waals surface area contributed by atoms with Crippen molar-refractivity contribution in [2.75, 3.05) is 20.7 Å². The molecule has 1 aromatic heterocycles. The number of fused-ring (bicyclic) bond motifs is 2. The molecule has 1 fully saturated rings. The predicted molar refractivity (Wildman–Crippen MR) is 121 cm³/mol. The fraction of sp³-hybridized carbons (Fsp3) is 0.370. The summed E-state index contributed by atoms with van der Waals surface area (Å²) in [5, 5.41) is 12.6. The van der Waals surface area contributed by atoms with Crippen molar-refractivity contribution in [3.05, 3.63) is 77.1 Å². The van der Waals surface area contributed by atoms with Gasteiger partial charge in [-0.2, -0.15) is 0 Å². The van der Waals surface area contributed by atoms with E-state index in [-0.39, 0.29) is 12.1 Å². The Hall–Kier alpha value is -2.89. The van der Waals surface area contributed by atoms with Gasteiger partial charge in [0.15, 0.2) is 17.6 Å². The highest BCUT2D eigenvalue weighted by Crippen LogP contribution is 2.68. The molecule has 1 saturated heterocycles. The Balaban J connectivity index is 1.49. The highest BCUT2D eigenvalue weighted by atomic mass is 16.5. The fourth-order valence-corrected chi connectivity index (χ4v) is 7.05. The minimum absolute atomic E-state index is 0.0442. The van der Waals surface area contributed by atoms with Crippen LogP contribution in [-0.2, 0) is 18.3 Å². The molecule has 0 radical (unpaired) electrons. The molecule has 2 aliphatic carbocycles. The maximum absolute atomic E-state index is 12.6. The molecular formula is C27H26N2O3. The van der Waals surface area contributed by atoms with Crippen molar-refractivity contribution in [3.8, 4) is 22.6 Å². The number of nitrogens with zero attached hydrogens (tertiary/aromatic N) is 2. The maximum atomic E-state index is 12.6. The lowest BCUT2D eigenvalue weighted by Gasteiger charge is -2.62. The van der Waals surface area contributed by atoms with Gasteiger partial charge in [-0.05, 0) is 55.3 Å². The van der Waals surface area contributed by atoms with Crippen molar-refractivity contribution in [2.45, 2.75) is 42.4 Å². The molecule has 4 atom stereocenters. The van der Waals surface area contributed by atoms with Crippen LogP contribution in [0.2, 0.25) is 0 Å². The van der Waals surface area contributed by atoms with E-state index in [1.165, 1.54) is 5.56 Å². The van der Waals surface area contributed by atoms with Crippen molar-refractivity contribution < 1.29 is 14.6 Å². The first-order chi connectivity index (χ1) is 15.6. The largest absolute Gasteiger partial charge is 0.493 e. The van der Waals surface area contributed by atoms with Gasteiger partial charge in [0.2, 0.25) is 0 Å². The van der Waals surface area contributed by atoms with Crippen LogP contribution in [0.4, 0.5) is 0 Å². The third kappa shape index (κ3) is 2.04. The number of benzene rings is 2. The first-order valence-electron chi connectivity index (χ1n) is 11.4. The topological polar surface area (TPSA) is 54.8 Å². The molecule has 1 spiro atoms. The smallest absolute Gasteiger partial charge is 0.166 e. The Bertz CT molecular complexity index is 1260. The lowest BCUT2D eigenvalue weighted by Crippen LogP contribution is -2.74. The number of methoxy groups -OCH3 is 1. The SMILES string of the molecule is COc1ccc2c3c1O[C@H]1c4ncc(-c5ccccc5)cc4C[C@@]4(O)C(C2)N(C)CC[C@]314. The van der Waals surface area contributed by atoms with E-state index < -0.39 is 11.0 Å². The highest BCUT2D eigenvalue weighted by Gasteiger charge is 2.72. The molecule has 3 aromatic rings. The second-order valence-electron chi connectivity index (χ2n) is 9.79. The zero-order valence-electron chi connectivity index (χ0n) is 18.3.